The van der Waals surface area contributed by atoms with Gasteiger partial charge in [0.25, 0.3) is 0 Å². The van der Waals surface area contributed by atoms with Crippen LogP contribution in [-0.2, 0) is 16.1 Å². The lowest BCUT2D eigenvalue weighted by Crippen LogP contribution is -2.03. The van der Waals surface area contributed by atoms with Crippen LogP contribution in [0.1, 0.15) is 11.1 Å². The highest BCUT2D eigenvalue weighted by molar-refractivity contribution is 5.87. The van der Waals surface area contributed by atoms with Gasteiger partial charge < -0.3 is 23.7 Å². The quantitative estimate of drug-likeness (QED) is 0.472. The number of methoxy groups -OCH3 is 3. The molecule has 0 aromatic heterocycles. The maximum Gasteiger partial charge on any atom is 0.387 e. The molecule has 0 saturated carbocycles. The van der Waals surface area contributed by atoms with Gasteiger partial charge in [-0.05, 0) is 41.5 Å². The van der Waals surface area contributed by atoms with Gasteiger partial charge in [-0.25, -0.2) is 4.79 Å². The summed E-state index contributed by atoms with van der Waals surface area (Å²) in [6, 6.07) is 9.21. The predicted molar refractivity (Wildman–Crippen MR) is 98.0 cm³/mol. The van der Waals surface area contributed by atoms with Crippen molar-refractivity contribution in [3.05, 3.63) is 53.6 Å². The molecule has 0 fully saturated rings. The molecular formula is C20H20F2O6. The minimum absolute atomic E-state index is 0.00105. The summed E-state index contributed by atoms with van der Waals surface area (Å²) in [6.07, 6.45) is 2.74. The summed E-state index contributed by atoms with van der Waals surface area (Å²) in [5.74, 6) is 0.821. The molecule has 6 nitrogen and oxygen atoms in total. The highest BCUT2D eigenvalue weighted by Gasteiger charge is 2.13. The van der Waals surface area contributed by atoms with Gasteiger partial charge >= 0.3 is 12.6 Å². The Bertz CT molecular complexity index is 793. The van der Waals surface area contributed by atoms with Crippen LogP contribution >= 0.6 is 0 Å². The van der Waals surface area contributed by atoms with Gasteiger partial charge in [0.1, 0.15) is 12.4 Å². The van der Waals surface area contributed by atoms with Crippen LogP contribution in [0.15, 0.2) is 42.5 Å². The standard InChI is InChI=1S/C20H20F2O6/c1-24-16-10-14(11-17(25-2)19(16)26-3)12-27-18(23)9-6-13-4-7-15(8-5-13)28-20(21)22/h4-11,20H,12H2,1-3H3/b9-6+. The molecule has 8 heteroatoms. The van der Waals surface area contributed by atoms with Crippen molar-refractivity contribution in [2.24, 2.45) is 0 Å². The van der Waals surface area contributed by atoms with Crippen LogP contribution in [0.2, 0.25) is 0 Å². The third-order valence-corrected chi connectivity index (χ3v) is 3.62. The van der Waals surface area contributed by atoms with E-state index < -0.39 is 12.6 Å². The lowest BCUT2D eigenvalue weighted by molar-refractivity contribution is -0.138. The lowest BCUT2D eigenvalue weighted by atomic mass is 10.2. The molecule has 0 saturated heterocycles. The molecule has 0 atom stereocenters. The Morgan fingerprint density at radius 3 is 2.11 bits per heavy atom. The minimum Gasteiger partial charge on any atom is -0.493 e. The first-order valence-electron chi connectivity index (χ1n) is 8.15. The van der Waals surface area contributed by atoms with E-state index in [1.54, 1.807) is 24.3 Å². The third kappa shape index (κ3) is 5.87. The van der Waals surface area contributed by atoms with E-state index in [1.165, 1.54) is 45.6 Å². The first-order valence-corrected chi connectivity index (χ1v) is 8.15. The maximum absolute atomic E-state index is 12.1. The molecule has 0 aliphatic carbocycles. The zero-order valence-corrected chi connectivity index (χ0v) is 15.6. The number of benzene rings is 2. The van der Waals surface area contributed by atoms with E-state index in [9.17, 15) is 13.6 Å². The summed E-state index contributed by atoms with van der Waals surface area (Å²) in [5, 5.41) is 0. The molecule has 0 aliphatic rings. The second-order valence-electron chi connectivity index (χ2n) is 5.42. The Labute approximate surface area is 161 Å². The number of rotatable bonds is 9. The molecule has 0 bridgehead atoms. The first-order chi connectivity index (χ1) is 13.5. The van der Waals surface area contributed by atoms with Crippen molar-refractivity contribution in [2.75, 3.05) is 21.3 Å². The SMILES string of the molecule is COc1cc(COC(=O)/C=C/c2ccc(OC(F)F)cc2)cc(OC)c1OC. The van der Waals surface area contributed by atoms with Crippen molar-refractivity contribution in [3.63, 3.8) is 0 Å². The normalized spacial score (nSPS) is 10.8. The van der Waals surface area contributed by atoms with Gasteiger partial charge in [-0.3, -0.25) is 0 Å². The van der Waals surface area contributed by atoms with Crippen molar-refractivity contribution in [3.8, 4) is 23.0 Å². The molecule has 2 aromatic carbocycles. The van der Waals surface area contributed by atoms with Crippen LogP contribution in [0.5, 0.6) is 23.0 Å². The number of hydrogen-bond acceptors (Lipinski definition) is 6. The third-order valence-electron chi connectivity index (χ3n) is 3.62. The average Bonchev–Trinajstić information content (AvgIpc) is 2.70. The molecule has 2 aromatic rings. The summed E-state index contributed by atoms with van der Waals surface area (Å²) in [7, 11) is 4.48. The molecule has 0 radical (unpaired) electrons. The molecule has 0 unspecified atom stereocenters. The van der Waals surface area contributed by atoms with Crippen LogP contribution in [0, 0.1) is 0 Å². The van der Waals surface area contributed by atoms with Crippen molar-refractivity contribution >= 4 is 12.0 Å². The van der Waals surface area contributed by atoms with E-state index in [2.05, 4.69) is 4.74 Å². The van der Waals surface area contributed by atoms with E-state index in [0.717, 1.165) is 0 Å². The molecule has 0 heterocycles. The molecule has 0 N–H and O–H groups in total. The minimum atomic E-state index is -2.88. The number of halogens is 2. The largest absolute Gasteiger partial charge is 0.493 e. The van der Waals surface area contributed by atoms with Gasteiger partial charge in [-0.15, -0.1) is 0 Å². The highest BCUT2D eigenvalue weighted by atomic mass is 19.3. The van der Waals surface area contributed by atoms with Crippen LogP contribution in [0.4, 0.5) is 8.78 Å². The summed E-state index contributed by atoms with van der Waals surface area (Å²) in [6.45, 7) is -2.88. The van der Waals surface area contributed by atoms with E-state index in [1.807, 2.05) is 0 Å². The van der Waals surface area contributed by atoms with Gasteiger partial charge in [-0.1, -0.05) is 12.1 Å². The van der Waals surface area contributed by atoms with Gasteiger partial charge in [0, 0.05) is 6.08 Å². The Kier molecular flexibility index (Phi) is 7.62. The highest BCUT2D eigenvalue weighted by Crippen LogP contribution is 2.38. The van der Waals surface area contributed by atoms with Crippen LogP contribution in [0.25, 0.3) is 6.08 Å². The van der Waals surface area contributed by atoms with Crippen LogP contribution in [-0.4, -0.2) is 33.9 Å². The number of esters is 1. The van der Waals surface area contributed by atoms with Crippen molar-refractivity contribution in [1.29, 1.82) is 0 Å². The Morgan fingerprint density at radius 2 is 1.61 bits per heavy atom. The monoisotopic (exact) mass is 394 g/mol. The Balaban J connectivity index is 1.97. The summed E-state index contributed by atoms with van der Waals surface area (Å²) in [5.41, 5.74) is 1.29. The smallest absolute Gasteiger partial charge is 0.387 e. The molecule has 2 rings (SSSR count). The predicted octanol–water partition coefficient (Wildman–Crippen LogP) is 4.07. The number of hydrogen-bond donors (Lipinski definition) is 0. The number of alkyl halides is 2. The lowest BCUT2D eigenvalue weighted by Gasteiger charge is -2.14. The van der Waals surface area contributed by atoms with Crippen molar-refractivity contribution in [1.82, 2.24) is 0 Å². The number of carbonyl (C=O) groups is 1. The van der Waals surface area contributed by atoms with Gasteiger partial charge in [0.05, 0.1) is 21.3 Å². The van der Waals surface area contributed by atoms with Crippen molar-refractivity contribution < 1.29 is 37.3 Å². The summed E-state index contributed by atoms with van der Waals surface area (Å²) < 4.78 is 49.4. The van der Waals surface area contributed by atoms with E-state index in [4.69, 9.17) is 18.9 Å². The van der Waals surface area contributed by atoms with E-state index in [0.29, 0.717) is 28.4 Å². The molecular weight excluding hydrogens is 374 g/mol. The fourth-order valence-corrected chi connectivity index (χ4v) is 2.35. The summed E-state index contributed by atoms with van der Waals surface area (Å²) in [4.78, 5) is 11.9. The fourth-order valence-electron chi connectivity index (χ4n) is 2.35. The van der Waals surface area contributed by atoms with E-state index in [-0.39, 0.29) is 12.4 Å². The molecule has 0 amide bonds. The topological polar surface area (TPSA) is 63.2 Å². The molecule has 28 heavy (non-hydrogen) atoms. The summed E-state index contributed by atoms with van der Waals surface area (Å²) >= 11 is 0. The van der Waals surface area contributed by atoms with Crippen LogP contribution in [0.3, 0.4) is 0 Å². The number of carbonyl (C=O) groups excluding carboxylic acids is 1. The Hall–Kier alpha value is -3.29. The van der Waals surface area contributed by atoms with Crippen molar-refractivity contribution in [2.45, 2.75) is 13.2 Å². The van der Waals surface area contributed by atoms with Crippen LogP contribution < -0.4 is 18.9 Å². The zero-order chi connectivity index (χ0) is 20.5. The zero-order valence-electron chi connectivity index (χ0n) is 15.6. The number of ether oxygens (including phenoxy) is 5. The van der Waals surface area contributed by atoms with Gasteiger partial charge in [0.15, 0.2) is 11.5 Å². The maximum atomic E-state index is 12.1. The average molecular weight is 394 g/mol. The second-order valence-corrected chi connectivity index (χ2v) is 5.42. The molecule has 0 aliphatic heterocycles. The Morgan fingerprint density at radius 1 is 1.00 bits per heavy atom. The molecule has 0 spiro atoms. The second kappa shape index (κ2) is 10.1. The fraction of sp³-hybridized carbons (Fsp3) is 0.250. The van der Waals surface area contributed by atoms with Gasteiger partial charge in [0.2, 0.25) is 5.75 Å². The first kappa shape index (κ1) is 21.0. The molecule has 150 valence electrons. The van der Waals surface area contributed by atoms with E-state index >= 15 is 0 Å². The van der Waals surface area contributed by atoms with Gasteiger partial charge in [-0.2, -0.15) is 8.78 Å².